The fourth-order valence-electron chi connectivity index (χ4n) is 3.93. The Morgan fingerprint density at radius 2 is 1.68 bits per heavy atom. The molecule has 1 heterocycles. The minimum absolute atomic E-state index is 0.0942. The fourth-order valence-corrected chi connectivity index (χ4v) is 4.34. The minimum Gasteiger partial charge on any atom is -0.496 e. The van der Waals surface area contributed by atoms with E-state index in [-0.39, 0.29) is 23.5 Å². The number of amides is 2. The van der Waals surface area contributed by atoms with Gasteiger partial charge in [-0.1, -0.05) is 29.8 Å². The predicted molar refractivity (Wildman–Crippen MR) is 149 cm³/mol. The first-order chi connectivity index (χ1) is 17.9. The zero-order valence-corrected chi connectivity index (χ0v) is 21.8. The van der Waals surface area contributed by atoms with E-state index in [4.69, 9.17) is 33.3 Å². The molecule has 2 N–H and O–H groups in total. The number of carbonyl (C=O) groups is 2. The lowest BCUT2D eigenvalue weighted by atomic mass is 10.1. The van der Waals surface area contributed by atoms with E-state index in [1.165, 1.54) is 7.11 Å². The summed E-state index contributed by atoms with van der Waals surface area (Å²) >= 11 is 11.3. The van der Waals surface area contributed by atoms with Gasteiger partial charge in [0.25, 0.3) is 11.8 Å². The number of carbonyl (C=O) groups excluding carboxylic acids is 2. The molecule has 0 aromatic heterocycles. The van der Waals surface area contributed by atoms with Crippen LogP contribution < -0.4 is 25.0 Å². The molecule has 1 fully saturated rings. The molecule has 8 nitrogen and oxygen atoms in total. The van der Waals surface area contributed by atoms with Crippen LogP contribution in [0.5, 0.6) is 11.5 Å². The van der Waals surface area contributed by atoms with Gasteiger partial charge in [-0.15, -0.1) is 0 Å². The number of methoxy groups -OCH3 is 1. The molecular weight excluding hydrogens is 512 g/mol. The van der Waals surface area contributed by atoms with Crippen LogP contribution in [0.2, 0.25) is 5.02 Å². The Bertz CT molecular complexity index is 1250. The van der Waals surface area contributed by atoms with Crippen LogP contribution in [0, 0.1) is 0 Å². The number of rotatable bonds is 7. The Balaban J connectivity index is 1.25. The Morgan fingerprint density at radius 1 is 0.973 bits per heavy atom. The van der Waals surface area contributed by atoms with Crippen LogP contribution >= 0.6 is 23.8 Å². The average molecular weight is 539 g/mol. The molecule has 2 amide bonds. The highest BCUT2D eigenvalue weighted by molar-refractivity contribution is 7.80. The third kappa shape index (κ3) is 7.12. The molecule has 3 aromatic rings. The smallest absolute Gasteiger partial charge is 0.264 e. The number of benzene rings is 3. The quantitative estimate of drug-likeness (QED) is 0.436. The van der Waals surface area contributed by atoms with E-state index in [2.05, 4.69) is 15.5 Å². The number of halogens is 1. The molecule has 1 aliphatic heterocycles. The van der Waals surface area contributed by atoms with E-state index < -0.39 is 0 Å². The van der Waals surface area contributed by atoms with Crippen molar-refractivity contribution in [2.24, 2.45) is 0 Å². The van der Waals surface area contributed by atoms with E-state index in [0.717, 1.165) is 11.4 Å². The van der Waals surface area contributed by atoms with E-state index in [0.29, 0.717) is 48.3 Å². The summed E-state index contributed by atoms with van der Waals surface area (Å²) in [6.07, 6.45) is 0. The van der Waals surface area contributed by atoms with Crippen LogP contribution in [0.1, 0.15) is 10.4 Å². The van der Waals surface area contributed by atoms with Crippen LogP contribution in [0.25, 0.3) is 0 Å². The number of piperazine rings is 1. The number of thiocarbonyl (C=S) groups is 1. The second-order valence-corrected chi connectivity index (χ2v) is 9.12. The first-order valence-electron chi connectivity index (χ1n) is 11.7. The summed E-state index contributed by atoms with van der Waals surface area (Å²) in [7, 11) is 1.54. The number of para-hydroxylation sites is 1. The zero-order chi connectivity index (χ0) is 26.2. The first kappa shape index (κ1) is 26.2. The van der Waals surface area contributed by atoms with E-state index in [1.807, 2.05) is 47.4 Å². The van der Waals surface area contributed by atoms with Crippen molar-refractivity contribution in [3.63, 3.8) is 0 Å². The molecule has 0 bridgehead atoms. The molecule has 192 valence electrons. The largest absolute Gasteiger partial charge is 0.496 e. The molecule has 0 saturated carbocycles. The van der Waals surface area contributed by atoms with Gasteiger partial charge in [0.15, 0.2) is 11.7 Å². The van der Waals surface area contributed by atoms with Crippen LogP contribution in [0.4, 0.5) is 11.4 Å². The SMILES string of the molecule is COc1ccc(Cl)cc1C(=O)N1CCN(c2ccc(NC(=S)NC(=O)COc3ccccc3)cc2)CC1. The maximum atomic E-state index is 13.0. The lowest BCUT2D eigenvalue weighted by molar-refractivity contribution is -0.121. The number of anilines is 2. The van der Waals surface area contributed by atoms with E-state index in [1.54, 1.807) is 30.3 Å². The van der Waals surface area contributed by atoms with Crippen molar-refractivity contribution < 1.29 is 19.1 Å². The number of hydrogen-bond acceptors (Lipinski definition) is 6. The van der Waals surface area contributed by atoms with Gasteiger partial charge in [0.2, 0.25) is 0 Å². The lowest BCUT2D eigenvalue weighted by Crippen LogP contribution is -2.48. The van der Waals surface area contributed by atoms with E-state index in [9.17, 15) is 9.59 Å². The van der Waals surface area contributed by atoms with Crippen LogP contribution in [-0.4, -0.2) is 61.7 Å². The summed E-state index contributed by atoms with van der Waals surface area (Å²) in [5.41, 5.74) is 2.25. The Kier molecular flexibility index (Phi) is 8.81. The number of ether oxygens (including phenoxy) is 2. The van der Waals surface area contributed by atoms with Gasteiger partial charge in [-0.25, -0.2) is 0 Å². The second kappa shape index (κ2) is 12.4. The molecule has 3 aromatic carbocycles. The molecule has 1 aliphatic rings. The summed E-state index contributed by atoms with van der Waals surface area (Å²) < 4.78 is 10.8. The molecule has 10 heteroatoms. The van der Waals surface area contributed by atoms with Gasteiger partial charge in [-0.05, 0) is 66.8 Å². The number of nitrogens with one attached hydrogen (secondary N) is 2. The van der Waals surface area contributed by atoms with Crippen molar-refractivity contribution in [1.29, 1.82) is 0 Å². The zero-order valence-electron chi connectivity index (χ0n) is 20.3. The van der Waals surface area contributed by atoms with Gasteiger partial charge in [-0.2, -0.15) is 0 Å². The van der Waals surface area contributed by atoms with Crippen LogP contribution in [-0.2, 0) is 4.79 Å². The lowest BCUT2D eigenvalue weighted by Gasteiger charge is -2.36. The van der Waals surface area contributed by atoms with Gasteiger partial charge in [-0.3, -0.25) is 14.9 Å². The highest BCUT2D eigenvalue weighted by atomic mass is 35.5. The van der Waals surface area contributed by atoms with Crippen molar-refractivity contribution in [1.82, 2.24) is 10.2 Å². The molecular formula is C27H27ClN4O4S. The topological polar surface area (TPSA) is 83.1 Å². The van der Waals surface area contributed by atoms with Crippen molar-refractivity contribution in [2.75, 3.05) is 50.1 Å². The second-order valence-electron chi connectivity index (χ2n) is 8.27. The standard InChI is InChI=1S/C27H27ClN4O4S/c1-35-24-12-7-19(28)17-23(24)26(34)32-15-13-31(14-16-32)21-10-8-20(9-11-21)29-27(37)30-25(33)18-36-22-5-3-2-4-6-22/h2-12,17H,13-16,18H2,1H3,(H2,29,30,33,37). The highest BCUT2D eigenvalue weighted by Gasteiger charge is 2.24. The third-order valence-corrected chi connectivity index (χ3v) is 6.25. The van der Waals surface area contributed by atoms with Crippen LogP contribution in [0.3, 0.4) is 0 Å². The summed E-state index contributed by atoms with van der Waals surface area (Å²) in [5.74, 6) is 0.684. The minimum atomic E-state index is -0.346. The van der Waals surface area contributed by atoms with Gasteiger partial charge >= 0.3 is 0 Å². The summed E-state index contributed by atoms with van der Waals surface area (Å²) in [6.45, 7) is 2.41. The molecule has 37 heavy (non-hydrogen) atoms. The van der Waals surface area contributed by atoms with Gasteiger partial charge < -0.3 is 24.6 Å². The Labute approximate surface area is 226 Å². The first-order valence-corrected chi connectivity index (χ1v) is 12.5. The highest BCUT2D eigenvalue weighted by Crippen LogP contribution is 2.25. The number of hydrogen-bond donors (Lipinski definition) is 2. The molecule has 0 atom stereocenters. The average Bonchev–Trinajstić information content (AvgIpc) is 2.92. The van der Waals surface area contributed by atoms with E-state index >= 15 is 0 Å². The molecule has 0 aliphatic carbocycles. The number of nitrogens with zero attached hydrogens (tertiary/aromatic N) is 2. The van der Waals surface area contributed by atoms with Crippen LogP contribution in [0.15, 0.2) is 72.8 Å². The monoisotopic (exact) mass is 538 g/mol. The Hall–Kier alpha value is -3.82. The third-order valence-electron chi connectivity index (χ3n) is 5.82. The Morgan fingerprint density at radius 3 is 2.35 bits per heavy atom. The van der Waals surface area contributed by atoms with Crippen molar-refractivity contribution in [3.8, 4) is 11.5 Å². The maximum absolute atomic E-state index is 13.0. The molecule has 1 saturated heterocycles. The summed E-state index contributed by atoms with van der Waals surface area (Å²) in [6, 6.07) is 21.9. The fraction of sp³-hybridized carbons (Fsp3) is 0.222. The molecule has 4 rings (SSSR count). The maximum Gasteiger partial charge on any atom is 0.264 e. The van der Waals surface area contributed by atoms with Crippen molar-refractivity contribution >= 4 is 52.1 Å². The summed E-state index contributed by atoms with van der Waals surface area (Å²) in [4.78, 5) is 29.1. The van der Waals surface area contributed by atoms with Crippen molar-refractivity contribution in [2.45, 2.75) is 0 Å². The molecule has 0 radical (unpaired) electrons. The predicted octanol–water partition coefficient (Wildman–Crippen LogP) is 4.20. The molecule has 0 spiro atoms. The van der Waals surface area contributed by atoms with Gasteiger partial charge in [0.1, 0.15) is 11.5 Å². The summed E-state index contributed by atoms with van der Waals surface area (Å²) in [5, 5.41) is 6.30. The van der Waals surface area contributed by atoms with Gasteiger partial charge in [0, 0.05) is 42.6 Å². The molecule has 0 unspecified atom stereocenters. The van der Waals surface area contributed by atoms with Crippen molar-refractivity contribution in [3.05, 3.63) is 83.4 Å². The van der Waals surface area contributed by atoms with Gasteiger partial charge in [0.05, 0.1) is 12.7 Å². The normalized spacial score (nSPS) is 13.0.